The van der Waals surface area contributed by atoms with Crippen LogP contribution in [0.15, 0.2) is 6.07 Å². The van der Waals surface area contributed by atoms with Gasteiger partial charge in [0.15, 0.2) is 0 Å². The Morgan fingerprint density at radius 1 is 1.33 bits per heavy atom. The highest BCUT2D eigenvalue weighted by Gasteiger charge is 2.22. The molecule has 1 aromatic rings. The van der Waals surface area contributed by atoms with E-state index in [1.165, 1.54) is 17.5 Å². The van der Waals surface area contributed by atoms with Crippen molar-refractivity contribution in [2.75, 3.05) is 0 Å². The fraction of sp³-hybridized carbons (Fsp3) is 0.533. The molecule has 0 radical (unpaired) electrons. The van der Waals surface area contributed by atoms with E-state index in [0.29, 0.717) is 6.42 Å². The quantitative estimate of drug-likeness (QED) is 0.864. The first-order chi connectivity index (χ1) is 8.50. The molecule has 1 aliphatic rings. The lowest BCUT2D eigenvalue weighted by atomic mass is 9.82. The van der Waals surface area contributed by atoms with Crippen molar-refractivity contribution in [1.29, 1.82) is 0 Å². The zero-order valence-electron chi connectivity index (χ0n) is 11.0. The summed E-state index contributed by atoms with van der Waals surface area (Å²) in [5, 5.41) is 19.1. The summed E-state index contributed by atoms with van der Waals surface area (Å²) < 4.78 is 0. The van der Waals surface area contributed by atoms with Gasteiger partial charge < -0.3 is 10.2 Å². The predicted octanol–water partition coefficient (Wildman–Crippen LogP) is 2.84. The van der Waals surface area contributed by atoms with Gasteiger partial charge in [-0.15, -0.1) is 0 Å². The number of hydrogen-bond acceptors (Lipinski definition) is 2. The van der Waals surface area contributed by atoms with Gasteiger partial charge in [0.1, 0.15) is 5.75 Å². The van der Waals surface area contributed by atoms with E-state index in [9.17, 15) is 9.90 Å². The predicted molar refractivity (Wildman–Crippen MR) is 70.0 cm³/mol. The minimum atomic E-state index is -0.806. The normalized spacial score (nSPS) is 16.1. The number of aromatic hydroxyl groups is 1. The molecule has 0 bridgehead atoms. The highest BCUT2D eigenvalue weighted by molar-refractivity contribution is 5.70. The molecule has 3 nitrogen and oxygen atoms in total. The standard InChI is InChI=1S/C15H20O3/c1-9-8-14(16)13(7-10(2)15(17)18)12-6-4-3-5-11(9)12/h8,10,16H,3-7H2,1-2H3,(H,17,18). The lowest BCUT2D eigenvalue weighted by Gasteiger charge is -2.23. The molecule has 0 fully saturated rings. The number of fused-ring (bicyclic) bond motifs is 1. The van der Waals surface area contributed by atoms with E-state index in [4.69, 9.17) is 5.11 Å². The second-order valence-electron chi connectivity index (χ2n) is 5.30. The van der Waals surface area contributed by atoms with Gasteiger partial charge in [0.05, 0.1) is 5.92 Å². The van der Waals surface area contributed by atoms with Crippen molar-refractivity contribution in [2.24, 2.45) is 5.92 Å². The molecule has 0 saturated carbocycles. The fourth-order valence-electron chi connectivity index (χ4n) is 2.83. The highest BCUT2D eigenvalue weighted by atomic mass is 16.4. The Morgan fingerprint density at radius 3 is 2.56 bits per heavy atom. The van der Waals surface area contributed by atoms with Crippen LogP contribution in [0.2, 0.25) is 0 Å². The van der Waals surface area contributed by atoms with Crippen molar-refractivity contribution in [1.82, 2.24) is 0 Å². The van der Waals surface area contributed by atoms with Crippen LogP contribution < -0.4 is 0 Å². The third kappa shape index (κ3) is 2.35. The summed E-state index contributed by atoms with van der Waals surface area (Å²) in [6.07, 6.45) is 4.75. The molecule has 2 N–H and O–H groups in total. The van der Waals surface area contributed by atoms with Crippen LogP contribution in [0.4, 0.5) is 0 Å². The summed E-state index contributed by atoms with van der Waals surface area (Å²) in [6, 6.07) is 1.79. The van der Waals surface area contributed by atoms with E-state index < -0.39 is 11.9 Å². The first-order valence-electron chi connectivity index (χ1n) is 6.56. The molecule has 18 heavy (non-hydrogen) atoms. The molecule has 1 unspecified atom stereocenters. The second-order valence-corrected chi connectivity index (χ2v) is 5.30. The van der Waals surface area contributed by atoms with Gasteiger partial charge in [-0.2, -0.15) is 0 Å². The van der Waals surface area contributed by atoms with Crippen molar-refractivity contribution in [3.8, 4) is 5.75 Å². The Labute approximate surface area is 107 Å². The zero-order chi connectivity index (χ0) is 13.3. The minimum Gasteiger partial charge on any atom is -0.508 e. The van der Waals surface area contributed by atoms with E-state index in [0.717, 1.165) is 30.4 Å². The summed E-state index contributed by atoms with van der Waals surface area (Å²) in [6.45, 7) is 3.71. The van der Waals surface area contributed by atoms with E-state index >= 15 is 0 Å². The molecule has 0 amide bonds. The Balaban J connectivity index is 2.43. The number of rotatable bonds is 3. The SMILES string of the molecule is Cc1cc(O)c(CC(C)C(=O)O)c2c1CCCC2. The first kappa shape index (κ1) is 12.9. The third-order valence-electron chi connectivity index (χ3n) is 3.90. The molecule has 3 heteroatoms. The summed E-state index contributed by atoms with van der Waals surface area (Å²) in [4.78, 5) is 11.0. The number of carboxylic acids is 1. The van der Waals surface area contributed by atoms with E-state index in [-0.39, 0.29) is 5.75 Å². The molecule has 1 aromatic carbocycles. The minimum absolute atomic E-state index is 0.265. The van der Waals surface area contributed by atoms with E-state index in [2.05, 4.69) is 0 Å². The van der Waals surface area contributed by atoms with Crippen LogP contribution in [0.3, 0.4) is 0 Å². The van der Waals surface area contributed by atoms with Crippen LogP contribution >= 0.6 is 0 Å². The molecule has 1 aliphatic carbocycles. The average Bonchev–Trinajstić information content (AvgIpc) is 2.34. The number of benzene rings is 1. The Kier molecular flexibility index (Phi) is 3.60. The summed E-state index contributed by atoms with van der Waals surface area (Å²) in [5.41, 5.74) is 4.51. The largest absolute Gasteiger partial charge is 0.508 e. The van der Waals surface area contributed by atoms with Crippen LogP contribution in [0.1, 0.15) is 42.0 Å². The molecular formula is C15H20O3. The van der Waals surface area contributed by atoms with Crippen molar-refractivity contribution in [2.45, 2.75) is 46.0 Å². The lowest BCUT2D eigenvalue weighted by Crippen LogP contribution is -2.16. The maximum Gasteiger partial charge on any atom is 0.306 e. The monoisotopic (exact) mass is 248 g/mol. The molecular weight excluding hydrogens is 228 g/mol. The number of phenolic OH excluding ortho intramolecular Hbond substituents is 1. The number of carboxylic acid groups (broad SMARTS) is 1. The molecule has 1 atom stereocenters. The number of hydrogen-bond donors (Lipinski definition) is 2. The molecule has 98 valence electrons. The molecule has 0 spiro atoms. The Bertz CT molecular complexity index is 477. The Morgan fingerprint density at radius 2 is 1.94 bits per heavy atom. The van der Waals surface area contributed by atoms with Gasteiger partial charge >= 0.3 is 5.97 Å². The maximum absolute atomic E-state index is 11.0. The van der Waals surface area contributed by atoms with Gasteiger partial charge in [-0.1, -0.05) is 6.92 Å². The summed E-state index contributed by atoms with van der Waals surface area (Å²) >= 11 is 0. The second kappa shape index (κ2) is 5.01. The number of phenols is 1. The number of aliphatic carboxylic acids is 1. The van der Waals surface area contributed by atoms with Gasteiger partial charge in [0.25, 0.3) is 0 Å². The maximum atomic E-state index is 11.0. The lowest BCUT2D eigenvalue weighted by molar-refractivity contribution is -0.141. The molecule has 0 saturated heterocycles. The first-order valence-corrected chi connectivity index (χ1v) is 6.56. The van der Waals surface area contributed by atoms with Crippen molar-refractivity contribution in [3.63, 3.8) is 0 Å². The van der Waals surface area contributed by atoms with Crippen molar-refractivity contribution >= 4 is 5.97 Å². The van der Waals surface area contributed by atoms with Gasteiger partial charge in [-0.3, -0.25) is 4.79 Å². The van der Waals surface area contributed by atoms with Gasteiger partial charge in [0.2, 0.25) is 0 Å². The highest BCUT2D eigenvalue weighted by Crippen LogP contribution is 2.34. The Hall–Kier alpha value is -1.51. The number of carbonyl (C=O) groups is 1. The average molecular weight is 248 g/mol. The fourth-order valence-corrected chi connectivity index (χ4v) is 2.83. The van der Waals surface area contributed by atoms with E-state index in [1.807, 2.05) is 6.92 Å². The van der Waals surface area contributed by atoms with Gasteiger partial charge in [0, 0.05) is 0 Å². The topological polar surface area (TPSA) is 57.5 Å². The smallest absolute Gasteiger partial charge is 0.306 e. The van der Waals surface area contributed by atoms with Gasteiger partial charge in [-0.05, 0) is 67.3 Å². The van der Waals surface area contributed by atoms with Crippen LogP contribution in [-0.2, 0) is 24.1 Å². The van der Waals surface area contributed by atoms with Crippen LogP contribution in [0.25, 0.3) is 0 Å². The zero-order valence-corrected chi connectivity index (χ0v) is 11.0. The summed E-state index contributed by atoms with van der Waals surface area (Å²) in [5.74, 6) is -0.995. The third-order valence-corrected chi connectivity index (χ3v) is 3.90. The van der Waals surface area contributed by atoms with Crippen LogP contribution in [0, 0.1) is 12.8 Å². The van der Waals surface area contributed by atoms with E-state index in [1.54, 1.807) is 13.0 Å². The molecule has 0 aromatic heterocycles. The van der Waals surface area contributed by atoms with Gasteiger partial charge in [-0.25, -0.2) is 0 Å². The van der Waals surface area contributed by atoms with Crippen molar-refractivity contribution in [3.05, 3.63) is 28.3 Å². The van der Waals surface area contributed by atoms with Crippen LogP contribution in [-0.4, -0.2) is 16.2 Å². The molecule has 0 heterocycles. The number of aryl methyl sites for hydroxylation is 1. The van der Waals surface area contributed by atoms with Crippen molar-refractivity contribution < 1.29 is 15.0 Å². The summed E-state index contributed by atoms with van der Waals surface area (Å²) in [7, 11) is 0. The molecule has 2 rings (SSSR count). The van der Waals surface area contributed by atoms with Crippen LogP contribution in [0.5, 0.6) is 5.75 Å². The molecule has 0 aliphatic heterocycles.